The van der Waals surface area contributed by atoms with Crippen molar-refractivity contribution in [3.8, 4) is 6.07 Å². The first-order chi connectivity index (χ1) is 9.29. The second kappa shape index (κ2) is 6.86. The van der Waals surface area contributed by atoms with E-state index in [0.717, 1.165) is 31.5 Å². The summed E-state index contributed by atoms with van der Waals surface area (Å²) in [5.74, 6) is 0.161. The first-order valence-electron chi connectivity index (χ1n) is 6.63. The van der Waals surface area contributed by atoms with Crippen molar-refractivity contribution in [3.63, 3.8) is 0 Å². The van der Waals surface area contributed by atoms with E-state index in [1.165, 1.54) is 6.42 Å². The minimum atomic E-state index is 0.161. The number of nitriles is 1. The van der Waals surface area contributed by atoms with E-state index in [0.29, 0.717) is 18.8 Å². The summed E-state index contributed by atoms with van der Waals surface area (Å²) in [5, 5.41) is 11.9. The lowest BCUT2D eigenvalue weighted by Crippen LogP contribution is -2.40. The monoisotopic (exact) mass is 258 g/mol. The minimum absolute atomic E-state index is 0.161. The standard InChI is InChI=1S/C14H18N4O/c15-9-13-8-12(4-5-17-13)10-16-11-14(19)18-6-2-1-3-7-18/h4-5,8,16H,1-3,6-7,10-11H2. The largest absolute Gasteiger partial charge is 0.342 e. The number of nitrogens with one attached hydrogen (secondary N) is 1. The molecule has 5 heteroatoms. The number of pyridine rings is 1. The molecule has 1 aliphatic heterocycles. The van der Waals surface area contributed by atoms with Crippen molar-refractivity contribution in [1.82, 2.24) is 15.2 Å². The molecule has 0 atom stereocenters. The van der Waals surface area contributed by atoms with Crippen molar-refractivity contribution >= 4 is 5.91 Å². The number of piperidine rings is 1. The number of hydrogen-bond acceptors (Lipinski definition) is 4. The number of hydrogen-bond donors (Lipinski definition) is 1. The van der Waals surface area contributed by atoms with Crippen LogP contribution >= 0.6 is 0 Å². The normalized spacial score (nSPS) is 15.0. The highest BCUT2D eigenvalue weighted by molar-refractivity contribution is 5.78. The van der Waals surface area contributed by atoms with Gasteiger partial charge in [0.05, 0.1) is 6.54 Å². The maximum absolute atomic E-state index is 11.9. The molecule has 5 nitrogen and oxygen atoms in total. The lowest BCUT2D eigenvalue weighted by atomic mass is 10.1. The van der Waals surface area contributed by atoms with Crippen LogP contribution in [0.15, 0.2) is 18.3 Å². The van der Waals surface area contributed by atoms with Gasteiger partial charge in [0.1, 0.15) is 11.8 Å². The van der Waals surface area contributed by atoms with Gasteiger partial charge < -0.3 is 10.2 Å². The Morgan fingerprint density at radius 3 is 2.95 bits per heavy atom. The van der Waals surface area contributed by atoms with E-state index in [1.54, 1.807) is 12.3 Å². The third-order valence-corrected chi connectivity index (χ3v) is 3.25. The number of likely N-dealkylation sites (tertiary alicyclic amines) is 1. The third kappa shape index (κ3) is 4.04. The molecule has 100 valence electrons. The van der Waals surface area contributed by atoms with Crippen molar-refractivity contribution in [2.24, 2.45) is 0 Å². The highest BCUT2D eigenvalue weighted by atomic mass is 16.2. The van der Waals surface area contributed by atoms with Crippen molar-refractivity contribution in [2.75, 3.05) is 19.6 Å². The Labute approximate surface area is 113 Å². The molecule has 0 saturated carbocycles. The average Bonchev–Trinajstić information content (AvgIpc) is 2.48. The Morgan fingerprint density at radius 2 is 2.21 bits per heavy atom. The van der Waals surface area contributed by atoms with Crippen LogP contribution in [0.4, 0.5) is 0 Å². The van der Waals surface area contributed by atoms with Crippen LogP contribution in [-0.2, 0) is 11.3 Å². The Hall–Kier alpha value is -1.93. The lowest BCUT2D eigenvalue weighted by molar-refractivity contribution is -0.131. The number of amides is 1. The van der Waals surface area contributed by atoms with Gasteiger partial charge in [-0.1, -0.05) is 0 Å². The van der Waals surface area contributed by atoms with Crippen molar-refractivity contribution < 1.29 is 4.79 Å². The molecule has 1 saturated heterocycles. The number of carbonyl (C=O) groups excluding carboxylic acids is 1. The Morgan fingerprint density at radius 1 is 1.42 bits per heavy atom. The molecule has 2 rings (SSSR count). The molecule has 0 aromatic carbocycles. The van der Waals surface area contributed by atoms with E-state index >= 15 is 0 Å². The molecule has 2 heterocycles. The molecular weight excluding hydrogens is 240 g/mol. The maximum atomic E-state index is 11.9. The zero-order valence-corrected chi connectivity index (χ0v) is 10.9. The van der Waals surface area contributed by atoms with Crippen LogP contribution < -0.4 is 5.32 Å². The van der Waals surface area contributed by atoms with E-state index in [9.17, 15) is 4.79 Å². The molecule has 0 spiro atoms. The van der Waals surface area contributed by atoms with Gasteiger partial charge in [-0.05, 0) is 37.0 Å². The third-order valence-electron chi connectivity index (χ3n) is 3.25. The molecule has 0 radical (unpaired) electrons. The second-order valence-electron chi connectivity index (χ2n) is 4.71. The molecule has 0 unspecified atom stereocenters. The zero-order valence-electron chi connectivity index (χ0n) is 10.9. The highest BCUT2D eigenvalue weighted by Crippen LogP contribution is 2.08. The molecule has 1 fully saturated rings. The van der Waals surface area contributed by atoms with Gasteiger partial charge in [0.15, 0.2) is 0 Å². The average molecular weight is 258 g/mol. The molecular formula is C14H18N4O. The Kier molecular flexibility index (Phi) is 4.87. The SMILES string of the molecule is N#Cc1cc(CNCC(=O)N2CCCCC2)ccn1. The van der Waals surface area contributed by atoms with E-state index in [2.05, 4.69) is 10.3 Å². The summed E-state index contributed by atoms with van der Waals surface area (Å²) in [4.78, 5) is 17.7. The molecule has 1 aromatic heterocycles. The molecule has 0 aliphatic carbocycles. The number of carbonyl (C=O) groups is 1. The molecule has 1 aliphatic rings. The fourth-order valence-electron chi connectivity index (χ4n) is 2.21. The van der Waals surface area contributed by atoms with Crippen LogP contribution in [0.5, 0.6) is 0 Å². The van der Waals surface area contributed by atoms with Crippen molar-refractivity contribution in [1.29, 1.82) is 5.26 Å². The van der Waals surface area contributed by atoms with Crippen LogP contribution in [-0.4, -0.2) is 35.4 Å². The van der Waals surface area contributed by atoms with Crippen LogP contribution in [0.3, 0.4) is 0 Å². The summed E-state index contributed by atoms with van der Waals surface area (Å²) in [6.45, 7) is 2.70. The van der Waals surface area contributed by atoms with Gasteiger partial charge in [-0.25, -0.2) is 4.98 Å². The summed E-state index contributed by atoms with van der Waals surface area (Å²) in [5.41, 5.74) is 1.37. The van der Waals surface area contributed by atoms with Crippen LogP contribution in [0.2, 0.25) is 0 Å². The first-order valence-corrected chi connectivity index (χ1v) is 6.63. The predicted molar refractivity (Wildman–Crippen MR) is 71.1 cm³/mol. The first kappa shape index (κ1) is 13.5. The van der Waals surface area contributed by atoms with E-state index in [4.69, 9.17) is 5.26 Å². The Bertz CT molecular complexity index is 475. The van der Waals surface area contributed by atoms with Crippen LogP contribution in [0.1, 0.15) is 30.5 Å². The van der Waals surface area contributed by atoms with E-state index in [-0.39, 0.29) is 5.91 Å². The van der Waals surface area contributed by atoms with Gasteiger partial charge >= 0.3 is 0 Å². The molecule has 1 aromatic rings. The smallest absolute Gasteiger partial charge is 0.236 e. The van der Waals surface area contributed by atoms with Crippen LogP contribution in [0.25, 0.3) is 0 Å². The summed E-state index contributed by atoms with van der Waals surface area (Å²) in [6, 6.07) is 5.59. The number of aromatic nitrogens is 1. The summed E-state index contributed by atoms with van der Waals surface area (Å²) in [7, 11) is 0. The quantitative estimate of drug-likeness (QED) is 0.876. The maximum Gasteiger partial charge on any atom is 0.236 e. The fourth-order valence-corrected chi connectivity index (χ4v) is 2.21. The topological polar surface area (TPSA) is 69.0 Å². The van der Waals surface area contributed by atoms with Gasteiger partial charge in [0.2, 0.25) is 5.91 Å². The van der Waals surface area contributed by atoms with Crippen LogP contribution in [0, 0.1) is 11.3 Å². The summed E-state index contributed by atoms with van der Waals surface area (Å²) < 4.78 is 0. The summed E-state index contributed by atoms with van der Waals surface area (Å²) >= 11 is 0. The van der Waals surface area contributed by atoms with Gasteiger partial charge in [-0.15, -0.1) is 0 Å². The minimum Gasteiger partial charge on any atom is -0.342 e. The van der Waals surface area contributed by atoms with Crippen molar-refractivity contribution in [2.45, 2.75) is 25.8 Å². The van der Waals surface area contributed by atoms with Gasteiger partial charge in [0.25, 0.3) is 0 Å². The van der Waals surface area contributed by atoms with Crippen molar-refractivity contribution in [3.05, 3.63) is 29.6 Å². The fraction of sp³-hybridized carbons (Fsp3) is 0.500. The Balaban J connectivity index is 1.76. The number of rotatable bonds is 4. The second-order valence-corrected chi connectivity index (χ2v) is 4.71. The molecule has 0 bridgehead atoms. The molecule has 19 heavy (non-hydrogen) atoms. The molecule has 1 amide bonds. The lowest BCUT2D eigenvalue weighted by Gasteiger charge is -2.26. The summed E-state index contributed by atoms with van der Waals surface area (Å²) in [6.07, 6.45) is 5.07. The molecule has 1 N–H and O–H groups in total. The van der Waals surface area contributed by atoms with E-state index in [1.807, 2.05) is 17.0 Å². The predicted octanol–water partition coefficient (Wildman–Crippen LogP) is 1.06. The highest BCUT2D eigenvalue weighted by Gasteiger charge is 2.15. The van der Waals surface area contributed by atoms with Gasteiger partial charge in [0, 0.05) is 25.8 Å². The van der Waals surface area contributed by atoms with Gasteiger partial charge in [-0.2, -0.15) is 5.26 Å². The zero-order chi connectivity index (χ0) is 13.5. The van der Waals surface area contributed by atoms with Gasteiger partial charge in [-0.3, -0.25) is 4.79 Å². The number of nitrogens with zero attached hydrogens (tertiary/aromatic N) is 3. The van der Waals surface area contributed by atoms with E-state index < -0.39 is 0 Å².